The summed E-state index contributed by atoms with van der Waals surface area (Å²) in [5.41, 5.74) is 2.85. The summed E-state index contributed by atoms with van der Waals surface area (Å²) < 4.78 is 39.8. The van der Waals surface area contributed by atoms with E-state index in [-0.39, 0.29) is 11.5 Å². The summed E-state index contributed by atoms with van der Waals surface area (Å²) in [6.07, 6.45) is 0. The number of aromatic nitrogens is 1. The summed E-state index contributed by atoms with van der Waals surface area (Å²) in [6.45, 7) is 0. The molecule has 4 aromatic rings. The molecule has 140 valence electrons. The van der Waals surface area contributed by atoms with Gasteiger partial charge in [0, 0.05) is 28.4 Å². The van der Waals surface area contributed by atoms with Crippen molar-refractivity contribution in [1.29, 1.82) is 0 Å². The first-order valence-electron chi connectivity index (χ1n) is 8.40. The van der Waals surface area contributed by atoms with Crippen LogP contribution in [-0.2, 0) is 0 Å². The van der Waals surface area contributed by atoms with E-state index in [1.807, 2.05) is 6.07 Å². The van der Waals surface area contributed by atoms with E-state index in [0.29, 0.717) is 11.8 Å². The van der Waals surface area contributed by atoms with Crippen molar-refractivity contribution in [1.82, 2.24) is 4.98 Å². The van der Waals surface area contributed by atoms with E-state index in [4.69, 9.17) is 0 Å². The van der Waals surface area contributed by atoms with Gasteiger partial charge >= 0.3 is 6.03 Å². The molecule has 0 unspecified atom stereocenters. The Balaban J connectivity index is 1.47. The van der Waals surface area contributed by atoms with Crippen molar-refractivity contribution in [3.8, 4) is 11.3 Å². The highest BCUT2D eigenvalue weighted by atomic mass is 19.1. The van der Waals surface area contributed by atoms with Gasteiger partial charge in [-0.1, -0.05) is 12.1 Å². The number of fused-ring (bicyclic) bond motifs is 1. The summed E-state index contributed by atoms with van der Waals surface area (Å²) in [5, 5.41) is 5.66. The minimum atomic E-state index is -0.860. The highest BCUT2D eigenvalue weighted by Gasteiger charge is 2.09. The van der Waals surface area contributed by atoms with E-state index in [1.54, 1.807) is 30.3 Å². The van der Waals surface area contributed by atoms with Crippen molar-refractivity contribution in [2.24, 2.45) is 0 Å². The molecule has 0 bridgehead atoms. The third-order valence-electron chi connectivity index (χ3n) is 4.22. The van der Waals surface area contributed by atoms with Crippen LogP contribution in [0, 0.1) is 17.5 Å². The van der Waals surface area contributed by atoms with Crippen LogP contribution in [0.25, 0.3) is 22.2 Å². The maximum Gasteiger partial charge on any atom is 0.323 e. The molecule has 0 aliphatic rings. The van der Waals surface area contributed by atoms with Gasteiger partial charge in [0.1, 0.15) is 17.5 Å². The lowest BCUT2D eigenvalue weighted by molar-refractivity contribution is 0.262. The Morgan fingerprint density at radius 3 is 2.25 bits per heavy atom. The topological polar surface area (TPSA) is 56.9 Å². The van der Waals surface area contributed by atoms with Crippen LogP contribution in [0.2, 0.25) is 0 Å². The number of carbonyl (C=O) groups is 1. The minimum Gasteiger partial charge on any atom is -0.355 e. The van der Waals surface area contributed by atoms with Crippen LogP contribution in [0.3, 0.4) is 0 Å². The van der Waals surface area contributed by atoms with Gasteiger partial charge in [-0.05, 0) is 54.1 Å². The summed E-state index contributed by atoms with van der Waals surface area (Å²) in [5.74, 6) is -1.89. The predicted molar refractivity (Wildman–Crippen MR) is 103 cm³/mol. The normalized spacial score (nSPS) is 10.8. The number of anilines is 2. The number of benzene rings is 3. The van der Waals surface area contributed by atoms with Gasteiger partial charge in [0.2, 0.25) is 0 Å². The van der Waals surface area contributed by atoms with E-state index in [9.17, 15) is 18.0 Å². The third kappa shape index (κ3) is 3.68. The average molecular weight is 381 g/mol. The van der Waals surface area contributed by atoms with Gasteiger partial charge in [-0.2, -0.15) is 0 Å². The average Bonchev–Trinajstić information content (AvgIpc) is 3.08. The number of hydrogen-bond acceptors (Lipinski definition) is 1. The second kappa shape index (κ2) is 7.11. The minimum absolute atomic E-state index is 0.124. The van der Waals surface area contributed by atoms with Gasteiger partial charge in [-0.3, -0.25) is 0 Å². The van der Waals surface area contributed by atoms with Crippen molar-refractivity contribution in [3.05, 3.63) is 84.2 Å². The van der Waals surface area contributed by atoms with E-state index in [2.05, 4.69) is 15.6 Å². The Kier molecular flexibility index (Phi) is 4.49. The van der Waals surface area contributed by atoms with Gasteiger partial charge in [0.25, 0.3) is 0 Å². The maximum absolute atomic E-state index is 13.6. The molecule has 1 aromatic heterocycles. The molecule has 0 saturated carbocycles. The first kappa shape index (κ1) is 17.7. The van der Waals surface area contributed by atoms with Crippen molar-refractivity contribution >= 4 is 28.3 Å². The van der Waals surface area contributed by atoms with E-state index < -0.39 is 17.7 Å². The summed E-state index contributed by atoms with van der Waals surface area (Å²) >= 11 is 0. The molecule has 1 heterocycles. The van der Waals surface area contributed by atoms with Crippen LogP contribution in [-0.4, -0.2) is 11.0 Å². The number of aromatic amines is 1. The molecule has 0 atom stereocenters. The monoisotopic (exact) mass is 381 g/mol. The molecule has 0 saturated heterocycles. The van der Waals surface area contributed by atoms with E-state index in [1.165, 1.54) is 12.1 Å². The molecule has 0 aliphatic heterocycles. The zero-order chi connectivity index (χ0) is 19.7. The number of hydrogen-bond donors (Lipinski definition) is 3. The number of rotatable bonds is 3. The molecule has 2 amide bonds. The molecular weight excluding hydrogens is 367 g/mol. The van der Waals surface area contributed by atoms with Crippen LogP contribution in [0.15, 0.2) is 66.7 Å². The molecule has 0 fully saturated rings. The summed E-state index contributed by atoms with van der Waals surface area (Å²) in [4.78, 5) is 15.2. The number of amides is 2. The molecule has 3 N–H and O–H groups in total. The Hall–Kier alpha value is -3.74. The number of urea groups is 1. The molecular formula is C21H14F3N3O. The quantitative estimate of drug-likeness (QED) is 0.407. The largest absolute Gasteiger partial charge is 0.355 e. The molecule has 0 radical (unpaired) electrons. The zero-order valence-corrected chi connectivity index (χ0v) is 14.4. The first-order valence-corrected chi connectivity index (χ1v) is 8.40. The number of H-pyrrole nitrogens is 1. The highest BCUT2D eigenvalue weighted by molar-refractivity contribution is 6.00. The molecule has 7 heteroatoms. The standard InChI is InChI=1S/C21H14F3N3O/c22-14-3-7-18-13(9-14)10-20(26-18)12-1-5-16(6-2-12)25-21(28)27-19-8-4-15(23)11-17(19)24/h1-11,26H,(H2,25,27,28). The molecule has 3 aromatic carbocycles. The van der Waals surface area contributed by atoms with Crippen LogP contribution >= 0.6 is 0 Å². The van der Waals surface area contributed by atoms with Crippen molar-refractivity contribution in [2.45, 2.75) is 0 Å². The van der Waals surface area contributed by atoms with Crippen LogP contribution < -0.4 is 10.6 Å². The van der Waals surface area contributed by atoms with Gasteiger partial charge < -0.3 is 15.6 Å². The summed E-state index contributed by atoms with van der Waals surface area (Å²) in [6, 6.07) is 15.5. The smallest absolute Gasteiger partial charge is 0.323 e. The highest BCUT2D eigenvalue weighted by Crippen LogP contribution is 2.26. The third-order valence-corrected chi connectivity index (χ3v) is 4.22. The lowest BCUT2D eigenvalue weighted by Crippen LogP contribution is -2.20. The molecule has 4 rings (SSSR count). The van der Waals surface area contributed by atoms with Gasteiger partial charge in [0.15, 0.2) is 0 Å². The molecule has 28 heavy (non-hydrogen) atoms. The van der Waals surface area contributed by atoms with Gasteiger partial charge in [-0.15, -0.1) is 0 Å². The fourth-order valence-corrected chi connectivity index (χ4v) is 2.87. The second-order valence-corrected chi connectivity index (χ2v) is 6.20. The molecule has 0 spiro atoms. The van der Waals surface area contributed by atoms with Crippen molar-refractivity contribution in [3.63, 3.8) is 0 Å². The fraction of sp³-hybridized carbons (Fsp3) is 0. The predicted octanol–water partition coefficient (Wildman–Crippen LogP) is 5.90. The van der Waals surface area contributed by atoms with Gasteiger partial charge in [0.05, 0.1) is 5.69 Å². The maximum atomic E-state index is 13.6. The Morgan fingerprint density at radius 2 is 1.50 bits per heavy atom. The first-order chi connectivity index (χ1) is 13.5. The van der Waals surface area contributed by atoms with Crippen LogP contribution in [0.5, 0.6) is 0 Å². The van der Waals surface area contributed by atoms with Crippen LogP contribution in [0.4, 0.5) is 29.3 Å². The number of halogens is 3. The molecule has 0 aliphatic carbocycles. The number of carbonyl (C=O) groups excluding carboxylic acids is 1. The van der Waals surface area contributed by atoms with Crippen LogP contribution in [0.1, 0.15) is 0 Å². The van der Waals surface area contributed by atoms with E-state index >= 15 is 0 Å². The van der Waals surface area contributed by atoms with Crippen molar-refractivity contribution in [2.75, 3.05) is 10.6 Å². The second-order valence-electron chi connectivity index (χ2n) is 6.20. The summed E-state index contributed by atoms with van der Waals surface area (Å²) in [7, 11) is 0. The fourth-order valence-electron chi connectivity index (χ4n) is 2.87. The lowest BCUT2D eigenvalue weighted by atomic mass is 10.1. The Bertz CT molecular complexity index is 1170. The zero-order valence-electron chi connectivity index (χ0n) is 14.4. The molecule has 4 nitrogen and oxygen atoms in total. The SMILES string of the molecule is O=C(Nc1ccc(-c2cc3cc(F)ccc3[nH]2)cc1)Nc1ccc(F)cc1F. The lowest BCUT2D eigenvalue weighted by Gasteiger charge is -2.09. The Morgan fingerprint density at radius 1 is 0.786 bits per heavy atom. The van der Waals surface area contributed by atoms with Crippen molar-refractivity contribution < 1.29 is 18.0 Å². The van der Waals surface area contributed by atoms with E-state index in [0.717, 1.165) is 34.3 Å². The Labute approximate surface area is 158 Å². The van der Waals surface area contributed by atoms with Gasteiger partial charge in [-0.25, -0.2) is 18.0 Å². The number of nitrogens with one attached hydrogen (secondary N) is 3.